The molecule has 0 heterocycles. The highest BCUT2D eigenvalue weighted by Gasteiger charge is 2.02. The lowest BCUT2D eigenvalue weighted by Crippen LogP contribution is -2.11. The molecule has 1 aromatic carbocycles. The van der Waals surface area contributed by atoms with Gasteiger partial charge in [-0.1, -0.05) is 19.1 Å². The molecule has 0 spiro atoms. The number of hydrogen-bond donors (Lipinski definition) is 1. The molecule has 2 nitrogen and oxygen atoms in total. The lowest BCUT2D eigenvalue weighted by molar-refractivity contribution is 0.408. The van der Waals surface area contributed by atoms with Gasteiger partial charge >= 0.3 is 0 Å². The van der Waals surface area contributed by atoms with Crippen LogP contribution in [0.3, 0.4) is 0 Å². The molecule has 1 N–H and O–H groups in total. The Morgan fingerprint density at radius 3 is 2.79 bits per heavy atom. The van der Waals surface area contributed by atoms with Crippen molar-refractivity contribution in [3.05, 3.63) is 29.3 Å². The summed E-state index contributed by atoms with van der Waals surface area (Å²) in [6.07, 6.45) is 1.04. The Bertz CT molecular complexity index is 289. The van der Waals surface area contributed by atoms with Crippen LogP contribution in [0.5, 0.6) is 5.75 Å². The van der Waals surface area contributed by atoms with Crippen LogP contribution in [-0.2, 0) is 13.0 Å². The van der Waals surface area contributed by atoms with Gasteiger partial charge in [-0.3, -0.25) is 5.32 Å². The molecule has 0 saturated heterocycles. The Morgan fingerprint density at radius 1 is 1.43 bits per heavy atom. The Labute approximate surface area is 90.2 Å². The zero-order chi connectivity index (χ0) is 10.4. The van der Waals surface area contributed by atoms with E-state index in [1.807, 2.05) is 6.07 Å². The maximum Gasteiger partial charge on any atom is 0.123 e. The van der Waals surface area contributed by atoms with Crippen LogP contribution in [0.15, 0.2) is 18.2 Å². The fourth-order valence-corrected chi connectivity index (χ4v) is 1.47. The largest absolute Gasteiger partial charge is 0.496 e. The number of methoxy groups -OCH3 is 1. The Kier molecular flexibility index (Phi) is 4.77. The molecular formula is C11H16ClNO. The summed E-state index contributed by atoms with van der Waals surface area (Å²) in [5.41, 5.74) is 2.48. The number of aryl methyl sites for hydroxylation is 1. The van der Waals surface area contributed by atoms with Crippen LogP contribution in [0.1, 0.15) is 18.1 Å². The van der Waals surface area contributed by atoms with Gasteiger partial charge in [-0.25, -0.2) is 0 Å². The lowest BCUT2D eigenvalue weighted by atomic mass is 10.1. The molecule has 14 heavy (non-hydrogen) atoms. The molecule has 0 fully saturated rings. The molecule has 0 amide bonds. The number of alkyl halides is 1. The van der Waals surface area contributed by atoms with Crippen molar-refractivity contribution in [3.8, 4) is 5.75 Å². The van der Waals surface area contributed by atoms with E-state index in [1.165, 1.54) is 5.56 Å². The molecule has 0 aliphatic carbocycles. The summed E-state index contributed by atoms with van der Waals surface area (Å²) in [5, 5.41) is 3.08. The van der Waals surface area contributed by atoms with Crippen LogP contribution >= 0.6 is 11.6 Å². The Balaban J connectivity index is 2.84. The third-order valence-electron chi connectivity index (χ3n) is 2.16. The standard InChI is InChI=1S/C11H16ClNO/c1-3-9-4-5-11(14-2)10(6-9)7-13-8-12/h4-6,13H,3,7-8H2,1-2H3. The normalized spacial score (nSPS) is 10.2. The van der Waals surface area contributed by atoms with Gasteiger partial charge < -0.3 is 4.74 Å². The summed E-state index contributed by atoms with van der Waals surface area (Å²) in [6.45, 7) is 2.89. The molecule has 0 aliphatic heterocycles. The van der Waals surface area contributed by atoms with Crippen molar-refractivity contribution in [3.63, 3.8) is 0 Å². The van der Waals surface area contributed by atoms with Gasteiger partial charge in [0.05, 0.1) is 13.1 Å². The van der Waals surface area contributed by atoms with Crippen LogP contribution < -0.4 is 10.1 Å². The van der Waals surface area contributed by atoms with Gasteiger partial charge in [-0.15, -0.1) is 11.6 Å². The summed E-state index contributed by atoms with van der Waals surface area (Å²) in [7, 11) is 1.69. The lowest BCUT2D eigenvalue weighted by Gasteiger charge is -2.10. The summed E-state index contributed by atoms with van der Waals surface area (Å²) in [5.74, 6) is 0.916. The number of nitrogens with one attached hydrogen (secondary N) is 1. The predicted octanol–water partition coefficient (Wildman–Crippen LogP) is 2.54. The third-order valence-corrected chi connectivity index (χ3v) is 2.35. The minimum absolute atomic E-state index is 0.458. The second-order valence-electron chi connectivity index (χ2n) is 3.06. The fourth-order valence-electron chi connectivity index (χ4n) is 1.37. The fraction of sp³-hybridized carbons (Fsp3) is 0.455. The first kappa shape index (κ1) is 11.3. The number of ether oxygens (including phenoxy) is 1. The van der Waals surface area contributed by atoms with E-state index in [0.717, 1.165) is 24.3 Å². The summed E-state index contributed by atoms with van der Waals surface area (Å²) >= 11 is 5.57. The van der Waals surface area contributed by atoms with E-state index in [1.54, 1.807) is 7.11 Å². The zero-order valence-electron chi connectivity index (χ0n) is 8.64. The van der Waals surface area contributed by atoms with E-state index < -0.39 is 0 Å². The zero-order valence-corrected chi connectivity index (χ0v) is 9.40. The summed E-state index contributed by atoms with van der Waals surface area (Å²) in [6, 6.07) is 6.70. The van der Waals surface area contributed by atoms with Crippen molar-refractivity contribution in [2.45, 2.75) is 19.9 Å². The number of benzene rings is 1. The van der Waals surface area contributed by atoms with Gasteiger partial charge in [0.25, 0.3) is 0 Å². The highest BCUT2D eigenvalue weighted by atomic mass is 35.5. The van der Waals surface area contributed by atoms with E-state index in [0.29, 0.717) is 6.00 Å². The molecule has 0 aromatic heterocycles. The van der Waals surface area contributed by atoms with Gasteiger partial charge in [0.15, 0.2) is 0 Å². The van der Waals surface area contributed by atoms with Gasteiger partial charge in [0.1, 0.15) is 5.75 Å². The van der Waals surface area contributed by atoms with Gasteiger partial charge in [-0.05, 0) is 18.1 Å². The van der Waals surface area contributed by atoms with E-state index >= 15 is 0 Å². The summed E-state index contributed by atoms with van der Waals surface area (Å²) in [4.78, 5) is 0. The van der Waals surface area contributed by atoms with Crippen molar-refractivity contribution in [1.82, 2.24) is 5.32 Å². The van der Waals surface area contributed by atoms with Crippen molar-refractivity contribution >= 4 is 11.6 Å². The van der Waals surface area contributed by atoms with Crippen molar-refractivity contribution in [1.29, 1.82) is 0 Å². The highest BCUT2D eigenvalue weighted by molar-refractivity contribution is 6.17. The molecule has 78 valence electrons. The molecule has 0 saturated carbocycles. The average Bonchev–Trinajstić information content (AvgIpc) is 2.25. The second-order valence-corrected chi connectivity index (χ2v) is 3.33. The number of rotatable bonds is 5. The van der Waals surface area contributed by atoms with E-state index in [-0.39, 0.29) is 0 Å². The molecule has 3 heteroatoms. The predicted molar refractivity (Wildman–Crippen MR) is 59.9 cm³/mol. The molecule has 0 aliphatic rings. The van der Waals surface area contributed by atoms with Crippen LogP contribution in [0, 0.1) is 0 Å². The molecule has 1 rings (SSSR count). The quantitative estimate of drug-likeness (QED) is 0.600. The first-order valence-corrected chi connectivity index (χ1v) is 5.27. The minimum atomic E-state index is 0.458. The molecule has 0 atom stereocenters. The van der Waals surface area contributed by atoms with Gasteiger partial charge in [0.2, 0.25) is 0 Å². The maximum atomic E-state index is 5.57. The van der Waals surface area contributed by atoms with Gasteiger partial charge in [0, 0.05) is 12.1 Å². The minimum Gasteiger partial charge on any atom is -0.496 e. The average molecular weight is 214 g/mol. The van der Waals surface area contributed by atoms with Crippen LogP contribution in [-0.4, -0.2) is 13.1 Å². The van der Waals surface area contributed by atoms with Crippen molar-refractivity contribution in [2.75, 3.05) is 13.1 Å². The van der Waals surface area contributed by atoms with E-state index in [9.17, 15) is 0 Å². The van der Waals surface area contributed by atoms with Crippen molar-refractivity contribution in [2.24, 2.45) is 0 Å². The van der Waals surface area contributed by atoms with Crippen LogP contribution in [0.2, 0.25) is 0 Å². The molecule has 1 aromatic rings. The Morgan fingerprint density at radius 2 is 2.21 bits per heavy atom. The first-order chi connectivity index (χ1) is 6.81. The SMILES string of the molecule is CCc1ccc(OC)c(CNCCl)c1. The molecule has 0 bridgehead atoms. The number of hydrogen-bond acceptors (Lipinski definition) is 2. The van der Waals surface area contributed by atoms with Crippen LogP contribution in [0.4, 0.5) is 0 Å². The smallest absolute Gasteiger partial charge is 0.123 e. The molecule has 0 unspecified atom stereocenters. The molecular weight excluding hydrogens is 198 g/mol. The Hall–Kier alpha value is -0.730. The monoisotopic (exact) mass is 213 g/mol. The topological polar surface area (TPSA) is 21.3 Å². The first-order valence-electron chi connectivity index (χ1n) is 4.74. The van der Waals surface area contributed by atoms with Gasteiger partial charge in [-0.2, -0.15) is 0 Å². The van der Waals surface area contributed by atoms with E-state index in [4.69, 9.17) is 16.3 Å². The summed E-state index contributed by atoms with van der Waals surface area (Å²) < 4.78 is 5.26. The molecule has 0 radical (unpaired) electrons. The van der Waals surface area contributed by atoms with Crippen molar-refractivity contribution < 1.29 is 4.74 Å². The van der Waals surface area contributed by atoms with E-state index in [2.05, 4.69) is 24.4 Å². The highest BCUT2D eigenvalue weighted by Crippen LogP contribution is 2.19. The third kappa shape index (κ3) is 2.89. The van der Waals surface area contributed by atoms with Crippen LogP contribution in [0.25, 0.3) is 0 Å². The number of halogens is 1. The maximum absolute atomic E-state index is 5.57. The second kappa shape index (κ2) is 5.89.